The van der Waals surface area contributed by atoms with Crippen molar-refractivity contribution in [1.82, 2.24) is 0 Å². The Hall–Kier alpha value is -2.40. The number of rotatable bonds is 5. The lowest BCUT2D eigenvalue weighted by molar-refractivity contribution is -0.140. The largest absolute Gasteiger partial charge is 0.331 e. The summed E-state index contributed by atoms with van der Waals surface area (Å²) in [5, 5.41) is 3.50. The lowest BCUT2D eigenvalue weighted by Crippen LogP contribution is -2.11. The first kappa shape index (κ1) is 16.0. The number of oxime groups is 1. The summed E-state index contributed by atoms with van der Waals surface area (Å²) in [5.74, 6) is -0.820. The summed E-state index contributed by atoms with van der Waals surface area (Å²) in [6.07, 6.45) is 0. The highest BCUT2D eigenvalue weighted by molar-refractivity contribution is 7.99. The molecule has 2 aromatic rings. The van der Waals surface area contributed by atoms with Gasteiger partial charge in [0.15, 0.2) is 0 Å². The normalized spacial score (nSPS) is 11.1. The second-order valence-corrected chi connectivity index (χ2v) is 5.68. The lowest BCUT2D eigenvalue weighted by atomic mass is 10.1. The van der Waals surface area contributed by atoms with Crippen molar-refractivity contribution < 1.29 is 14.4 Å². The van der Waals surface area contributed by atoms with E-state index in [2.05, 4.69) is 9.99 Å². The Morgan fingerprint density at radius 3 is 2.09 bits per heavy atom. The zero-order valence-electron chi connectivity index (χ0n) is 12.3. The van der Waals surface area contributed by atoms with Crippen LogP contribution in [-0.2, 0) is 9.63 Å². The van der Waals surface area contributed by atoms with E-state index in [-0.39, 0.29) is 11.5 Å². The monoisotopic (exact) mass is 313 g/mol. The number of benzene rings is 2. The Balaban J connectivity index is 2.07. The Morgan fingerprint density at radius 2 is 1.50 bits per heavy atom. The minimum Gasteiger partial charge on any atom is -0.318 e. The smallest absolute Gasteiger partial charge is 0.318 e. The van der Waals surface area contributed by atoms with Gasteiger partial charge < -0.3 is 4.84 Å². The number of Topliss-reactive ketones (excluding diaryl/α,β-unsaturated/α-hetero) is 1. The first-order valence-electron chi connectivity index (χ1n) is 6.66. The predicted octanol–water partition coefficient (Wildman–Crippen LogP) is 3.96. The van der Waals surface area contributed by atoms with E-state index in [4.69, 9.17) is 0 Å². The van der Waals surface area contributed by atoms with Gasteiger partial charge in [-0.2, -0.15) is 0 Å². The highest BCUT2D eigenvalue weighted by atomic mass is 32.2. The van der Waals surface area contributed by atoms with Crippen LogP contribution in [0.4, 0.5) is 0 Å². The molecule has 0 aromatic heterocycles. The van der Waals surface area contributed by atoms with E-state index < -0.39 is 5.97 Å². The molecule has 0 aliphatic carbocycles. The van der Waals surface area contributed by atoms with Crippen molar-refractivity contribution in [2.24, 2.45) is 5.16 Å². The van der Waals surface area contributed by atoms with Gasteiger partial charge in [-0.1, -0.05) is 35.1 Å². The van der Waals surface area contributed by atoms with Crippen LogP contribution in [0, 0.1) is 0 Å². The van der Waals surface area contributed by atoms with Gasteiger partial charge in [-0.05, 0) is 43.3 Å². The van der Waals surface area contributed by atoms with Crippen LogP contribution in [0.15, 0.2) is 69.5 Å². The lowest BCUT2D eigenvalue weighted by Gasteiger charge is -2.03. The van der Waals surface area contributed by atoms with E-state index in [1.54, 1.807) is 23.9 Å². The molecule has 0 N–H and O–H groups in total. The molecule has 0 fully saturated rings. The molecule has 2 rings (SSSR count). The number of hydrogen-bond donors (Lipinski definition) is 0. The number of nitrogens with zero attached hydrogens (tertiary/aromatic N) is 1. The molecule has 0 spiro atoms. The zero-order chi connectivity index (χ0) is 15.9. The van der Waals surface area contributed by atoms with Gasteiger partial charge >= 0.3 is 5.97 Å². The molecule has 0 bridgehead atoms. The molecule has 0 saturated heterocycles. The van der Waals surface area contributed by atoms with Gasteiger partial charge in [-0.3, -0.25) is 4.79 Å². The molecule has 22 heavy (non-hydrogen) atoms. The van der Waals surface area contributed by atoms with Gasteiger partial charge in [0.1, 0.15) is 5.71 Å². The highest BCUT2D eigenvalue weighted by Gasteiger charge is 2.11. The summed E-state index contributed by atoms with van der Waals surface area (Å²) >= 11 is 1.62. The van der Waals surface area contributed by atoms with Crippen molar-refractivity contribution in [3.05, 3.63) is 60.2 Å². The molecule has 0 heterocycles. The quantitative estimate of drug-likeness (QED) is 0.363. The molecular weight excluding hydrogens is 298 g/mol. The maximum Gasteiger partial charge on any atom is 0.331 e. The second kappa shape index (κ2) is 7.56. The SMILES string of the molecule is CC(=O)O/N=C(/C)C(=O)c1ccc(Sc2ccccc2)cc1. The number of carbonyl (C=O) groups is 2. The topological polar surface area (TPSA) is 55.7 Å². The van der Waals surface area contributed by atoms with Gasteiger partial charge in [-0.15, -0.1) is 0 Å². The third-order valence-corrected chi connectivity index (χ3v) is 3.75. The maximum atomic E-state index is 12.1. The van der Waals surface area contributed by atoms with Gasteiger partial charge in [0.2, 0.25) is 5.78 Å². The summed E-state index contributed by atoms with van der Waals surface area (Å²) in [5.41, 5.74) is 0.643. The van der Waals surface area contributed by atoms with Crippen LogP contribution in [0.2, 0.25) is 0 Å². The fraction of sp³-hybridized carbons (Fsp3) is 0.118. The Morgan fingerprint density at radius 1 is 0.909 bits per heavy atom. The average Bonchev–Trinajstić information content (AvgIpc) is 2.53. The molecule has 0 aliphatic rings. The zero-order valence-corrected chi connectivity index (χ0v) is 13.1. The summed E-state index contributed by atoms with van der Waals surface area (Å²) < 4.78 is 0. The second-order valence-electron chi connectivity index (χ2n) is 4.53. The first-order valence-corrected chi connectivity index (χ1v) is 7.48. The third kappa shape index (κ3) is 4.56. The summed E-state index contributed by atoms with van der Waals surface area (Å²) in [6.45, 7) is 2.74. The molecule has 0 radical (unpaired) electrons. The summed E-state index contributed by atoms with van der Waals surface area (Å²) in [7, 11) is 0. The van der Waals surface area contributed by atoms with Crippen molar-refractivity contribution in [3.8, 4) is 0 Å². The number of carbonyl (C=O) groups excluding carboxylic acids is 2. The summed E-state index contributed by atoms with van der Waals surface area (Å²) in [6, 6.07) is 17.2. The van der Waals surface area contributed by atoms with E-state index in [0.29, 0.717) is 5.56 Å². The van der Waals surface area contributed by atoms with Gasteiger partial charge in [-0.25, -0.2) is 4.79 Å². The molecular formula is C17H15NO3S. The van der Waals surface area contributed by atoms with E-state index in [1.165, 1.54) is 13.8 Å². The molecule has 4 nitrogen and oxygen atoms in total. The minimum atomic E-state index is -0.554. The van der Waals surface area contributed by atoms with E-state index in [1.807, 2.05) is 42.5 Å². The van der Waals surface area contributed by atoms with E-state index in [9.17, 15) is 9.59 Å². The van der Waals surface area contributed by atoms with Crippen LogP contribution in [0.1, 0.15) is 24.2 Å². The van der Waals surface area contributed by atoms with Crippen molar-refractivity contribution in [2.45, 2.75) is 23.6 Å². The molecule has 0 amide bonds. The third-order valence-electron chi connectivity index (χ3n) is 2.74. The van der Waals surface area contributed by atoms with Crippen molar-refractivity contribution >= 4 is 29.2 Å². The molecule has 112 valence electrons. The maximum absolute atomic E-state index is 12.1. The Kier molecular flexibility index (Phi) is 5.49. The van der Waals surface area contributed by atoms with Crippen LogP contribution in [-0.4, -0.2) is 17.5 Å². The molecule has 5 heteroatoms. The summed E-state index contributed by atoms with van der Waals surface area (Å²) in [4.78, 5) is 29.4. The van der Waals surface area contributed by atoms with Gasteiger partial charge in [0.25, 0.3) is 0 Å². The van der Waals surface area contributed by atoms with Gasteiger partial charge in [0, 0.05) is 22.3 Å². The molecule has 0 aliphatic heterocycles. The molecule has 0 saturated carbocycles. The predicted molar refractivity (Wildman–Crippen MR) is 86.2 cm³/mol. The minimum absolute atomic E-state index is 0.138. The van der Waals surface area contributed by atoms with Crippen LogP contribution in [0.3, 0.4) is 0 Å². The molecule has 2 aromatic carbocycles. The first-order chi connectivity index (χ1) is 10.6. The van der Waals surface area contributed by atoms with E-state index >= 15 is 0 Å². The molecule has 0 unspecified atom stereocenters. The molecule has 0 atom stereocenters. The standard InChI is InChI=1S/C17H15NO3S/c1-12(18-21-13(2)19)17(20)14-8-10-16(11-9-14)22-15-6-4-3-5-7-15/h3-11H,1-2H3/b18-12-. The van der Waals surface area contributed by atoms with Gasteiger partial charge in [0.05, 0.1) is 0 Å². The number of ketones is 1. The van der Waals surface area contributed by atoms with Crippen molar-refractivity contribution in [3.63, 3.8) is 0 Å². The van der Waals surface area contributed by atoms with Crippen LogP contribution < -0.4 is 0 Å². The highest BCUT2D eigenvalue weighted by Crippen LogP contribution is 2.27. The fourth-order valence-corrected chi connectivity index (χ4v) is 2.52. The van der Waals surface area contributed by atoms with Crippen LogP contribution in [0.5, 0.6) is 0 Å². The van der Waals surface area contributed by atoms with Crippen molar-refractivity contribution in [1.29, 1.82) is 0 Å². The Labute approximate surface area is 133 Å². The fourth-order valence-electron chi connectivity index (χ4n) is 1.68. The van der Waals surface area contributed by atoms with E-state index in [0.717, 1.165) is 9.79 Å². The van der Waals surface area contributed by atoms with Crippen LogP contribution >= 0.6 is 11.8 Å². The van der Waals surface area contributed by atoms with Crippen molar-refractivity contribution in [2.75, 3.05) is 0 Å². The Bertz CT molecular complexity index is 694. The number of hydrogen-bond acceptors (Lipinski definition) is 5. The van der Waals surface area contributed by atoms with Crippen LogP contribution in [0.25, 0.3) is 0 Å². The average molecular weight is 313 g/mol.